The van der Waals surface area contributed by atoms with E-state index >= 15 is 0 Å². The van der Waals surface area contributed by atoms with E-state index in [2.05, 4.69) is 4.98 Å². The third kappa shape index (κ3) is 2.92. The van der Waals surface area contributed by atoms with E-state index in [1.807, 2.05) is 6.92 Å². The minimum atomic E-state index is -0.856. The summed E-state index contributed by atoms with van der Waals surface area (Å²) in [7, 11) is 0. The summed E-state index contributed by atoms with van der Waals surface area (Å²) in [5, 5.41) is 9.56. The van der Waals surface area contributed by atoms with Crippen molar-refractivity contribution < 1.29 is 14.3 Å². The number of thiazole rings is 1. The maximum Gasteiger partial charge on any atom is 0.303 e. The molecule has 2 aromatic rings. The van der Waals surface area contributed by atoms with Gasteiger partial charge in [0.2, 0.25) is 0 Å². The molecule has 18 heavy (non-hydrogen) atoms. The van der Waals surface area contributed by atoms with E-state index in [1.54, 1.807) is 12.1 Å². The van der Waals surface area contributed by atoms with Crippen LogP contribution in [0.15, 0.2) is 24.3 Å². The summed E-state index contributed by atoms with van der Waals surface area (Å²) < 4.78 is 13.2. The van der Waals surface area contributed by atoms with Crippen LogP contribution in [0.25, 0.3) is 10.4 Å². The second kappa shape index (κ2) is 5.27. The van der Waals surface area contributed by atoms with Gasteiger partial charge < -0.3 is 5.11 Å². The van der Waals surface area contributed by atoms with Gasteiger partial charge in [0.25, 0.3) is 0 Å². The van der Waals surface area contributed by atoms with Crippen LogP contribution in [-0.4, -0.2) is 16.1 Å². The summed E-state index contributed by atoms with van der Waals surface area (Å²) in [5.41, 5.74) is 1.48. The van der Waals surface area contributed by atoms with Crippen LogP contribution in [0, 0.1) is 12.7 Å². The van der Waals surface area contributed by atoms with Gasteiger partial charge in [0.15, 0.2) is 0 Å². The third-order valence-electron chi connectivity index (χ3n) is 2.47. The Morgan fingerprint density at radius 2 is 2.28 bits per heavy atom. The maximum atomic E-state index is 13.2. The molecule has 1 aromatic carbocycles. The van der Waals surface area contributed by atoms with Crippen LogP contribution in [0.3, 0.4) is 0 Å². The van der Waals surface area contributed by atoms with E-state index < -0.39 is 5.97 Å². The number of carbonyl (C=O) groups is 1. The summed E-state index contributed by atoms with van der Waals surface area (Å²) in [6, 6.07) is 6.27. The molecule has 2 rings (SSSR count). The molecule has 0 spiro atoms. The highest BCUT2D eigenvalue weighted by Crippen LogP contribution is 2.31. The number of aromatic nitrogens is 1. The van der Waals surface area contributed by atoms with E-state index in [-0.39, 0.29) is 12.2 Å². The average Bonchev–Trinajstić information content (AvgIpc) is 2.68. The molecule has 3 nitrogen and oxygen atoms in total. The van der Waals surface area contributed by atoms with E-state index in [0.29, 0.717) is 6.42 Å². The molecule has 0 atom stereocenters. The first-order chi connectivity index (χ1) is 8.56. The lowest BCUT2D eigenvalue weighted by atomic mass is 10.1. The molecule has 0 aliphatic heterocycles. The molecule has 1 aromatic heterocycles. The summed E-state index contributed by atoms with van der Waals surface area (Å²) in [4.78, 5) is 15.8. The Bertz CT molecular complexity index is 580. The van der Waals surface area contributed by atoms with Crippen LogP contribution in [0.5, 0.6) is 0 Å². The van der Waals surface area contributed by atoms with Gasteiger partial charge >= 0.3 is 5.97 Å². The van der Waals surface area contributed by atoms with E-state index in [9.17, 15) is 9.18 Å². The number of benzene rings is 1. The zero-order chi connectivity index (χ0) is 13.1. The first-order valence-electron chi connectivity index (χ1n) is 5.50. The van der Waals surface area contributed by atoms with Gasteiger partial charge in [-0.1, -0.05) is 12.1 Å². The summed E-state index contributed by atoms with van der Waals surface area (Å²) in [6.45, 7) is 1.86. The molecule has 0 bridgehead atoms. The number of hydrogen-bond donors (Lipinski definition) is 1. The molecule has 1 heterocycles. The highest BCUT2D eigenvalue weighted by atomic mass is 32.1. The molecule has 1 N–H and O–H groups in total. The molecule has 0 unspecified atom stereocenters. The Labute approximate surface area is 108 Å². The van der Waals surface area contributed by atoms with Crippen LogP contribution in [0.1, 0.15) is 17.1 Å². The van der Waals surface area contributed by atoms with Crippen molar-refractivity contribution in [2.75, 3.05) is 0 Å². The number of carboxylic acid groups (broad SMARTS) is 1. The molecule has 0 saturated heterocycles. The van der Waals surface area contributed by atoms with Gasteiger partial charge in [-0.05, 0) is 24.6 Å². The molecule has 0 aliphatic carbocycles. The molecule has 0 aliphatic rings. The molecular weight excluding hydrogens is 253 g/mol. The van der Waals surface area contributed by atoms with Crippen LogP contribution in [0.2, 0.25) is 0 Å². The number of aryl methyl sites for hydroxylation is 2. The number of halogens is 1. The second-order valence-electron chi connectivity index (χ2n) is 3.91. The highest BCUT2D eigenvalue weighted by molar-refractivity contribution is 7.15. The van der Waals surface area contributed by atoms with Gasteiger partial charge in [-0.25, -0.2) is 9.37 Å². The number of aliphatic carboxylic acids is 1. The van der Waals surface area contributed by atoms with E-state index in [1.165, 1.54) is 23.5 Å². The van der Waals surface area contributed by atoms with Crippen molar-refractivity contribution in [1.29, 1.82) is 0 Å². The van der Waals surface area contributed by atoms with Gasteiger partial charge in [0.1, 0.15) is 5.82 Å². The summed E-state index contributed by atoms with van der Waals surface area (Å²) in [5.74, 6) is -1.16. The van der Waals surface area contributed by atoms with Crippen molar-refractivity contribution in [1.82, 2.24) is 4.98 Å². The monoisotopic (exact) mass is 265 g/mol. The summed E-state index contributed by atoms with van der Waals surface area (Å²) >= 11 is 1.46. The lowest BCUT2D eigenvalue weighted by Gasteiger charge is -2.01. The highest BCUT2D eigenvalue weighted by Gasteiger charge is 2.12. The lowest BCUT2D eigenvalue weighted by molar-refractivity contribution is -0.136. The van der Waals surface area contributed by atoms with Gasteiger partial charge in [0.05, 0.1) is 22.0 Å². The molecular formula is C13H12FNO2S. The fourth-order valence-corrected chi connectivity index (χ4v) is 2.68. The predicted octanol–water partition coefficient (Wildman–Crippen LogP) is 3.27. The van der Waals surface area contributed by atoms with Crippen molar-refractivity contribution in [3.63, 3.8) is 0 Å². The van der Waals surface area contributed by atoms with Crippen molar-refractivity contribution in [2.24, 2.45) is 0 Å². The zero-order valence-corrected chi connectivity index (χ0v) is 10.6. The summed E-state index contributed by atoms with van der Waals surface area (Å²) in [6.07, 6.45) is 0.400. The van der Waals surface area contributed by atoms with Crippen LogP contribution in [-0.2, 0) is 11.2 Å². The fraction of sp³-hybridized carbons (Fsp3) is 0.231. The molecule has 0 radical (unpaired) electrons. The standard InChI is InChI=1S/C13H12FNO2S/c1-8-15-11(5-6-12(16)17)13(18-8)9-3-2-4-10(14)7-9/h2-4,7H,5-6H2,1H3,(H,16,17). The normalized spacial score (nSPS) is 10.6. The predicted molar refractivity (Wildman–Crippen MR) is 68.2 cm³/mol. The Hall–Kier alpha value is -1.75. The lowest BCUT2D eigenvalue weighted by Crippen LogP contribution is -1.98. The second-order valence-corrected chi connectivity index (χ2v) is 5.12. The molecule has 0 saturated carbocycles. The molecule has 0 amide bonds. The maximum absolute atomic E-state index is 13.2. The number of nitrogens with zero attached hydrogens (tertiary/aromatic N) is 1. The van der Waals surface area contributed by atoms with Gasteiger partial charge in [-0.2, -0.15) is 0 Å². The van der Waals surface area contributed by atoms with Crippen LogP contribution >= 0.6 is 11.3 Å². The molecule has 5 heteroatoms. The number of carboxylic acids is 1. The van der Waals surface area contributed by atoms with E-state index in [0.717, 1.165) is 21.1 Å². The quantitative estimate of drug-likeness (QED) is 0.923. The Morgan fingerprint density at radius 1 is 1.50 bits per heavy atom. The minimum Gasteiger partial charge on any atom is -0.481 e. The van der Waals surface area contributed by atoms with Crippen molar-refractivity contribution in [3.05, 3.63) is 40.8 Å². The number of hydrogen-bond acceptors (Lipinski definition) is 3. The Kier molecular flexibility index (Phi) is 3.72. The zero-order valence-electron chi connectivity index (χ0n) is 9.81. The van der Waals surface area contributed by atoms with Crippen molar-refractivity contribution in [3.8, 4) is 10.4 Å². The topological polar surface area (TPSA) is 50.2 Å². The van der Waals surface area contributed by atoms with Gasteiger partial charge in [-0.3, -0.25) is 4.79 Å². The SMILES string of the molecule is Cc1nc(CCC(=O)O)c(-c2cccc(F)c2)s1. The van der Waals surface area contributed by atoms with Crippen molar-refractivity contribution >= 4 is 17.3 Å². The first kappa shape index (κ1) is 12.7. The average molecular weight is 265 g/mol. The Morgan fingerprint density at radius 3 is 2.94 bits per heavy atom. The largest absolute Gasteiger partial charge is 0.481 e. The Balaban J connectivity index is 2.35. The molecule has 94 valence electrons. The fourth-order valence-electron chi connectivity index (χ4n) is 1.72. The van der Waals surface area contributed by atoms with Gasteiger partial charge in [-0.15, -0.1) is 11.3 Å². The van der Waals surface area contributed by atoms with E-state index in [4.69, 9.17) is 5.11 Å². The van der Waals surface area contributed by atoms with Crippen LogP contribution in [0.4, 0.5) is 4.39 Å². The minimum absolute atomic E-state index is 0.0332. The molecule has 0 fully saturated rings. The first-order valence-corrected chi connectivity index (χ1v) is 6.32. The van der Waals surface area contributed by atoms with Crippen LogP contribution < -0.4 is 0 Å². The number of rotatable bonds is 4. The smallest absolute Gasteiger partial charge is 0.303 e. The third-order valence-corrected chi connectivity index (χ3v) is 3.53. The van der Waals surface area contributed by atoms with Gasteiger partial charge in [0, 0.05) is 6.42 Å². The van der Waals surface area contributed by atoms with Crippen molar-refractivity contribution in [2.45, 2.75) is 19.8 Å².